The normalized spacial score (nSPS) is 10.7. The molecule has 56 valence electrons. The zero-order valence-corrected chi connectivity index (χ0v) is 7.66. The fraction of sp³-hybridized carbons (Fsp3) is 0. The van der Waals surface area contributed by atoms with Crippen LogP contribution in [0.3, 0.4) is 0 Å². The second-order valence-corrected chi connectivity index (χ2v) is 3.38. The first-order chi connectivity index (χ1) is 5.27. The van der Waals surface area contributed by atoms with E-state index in [4.69, 9.17) is 4.52 Å². The molecule has 0 amide bonds. The lowest BCUT2D eigenvalue weighted by atomic mass is 10.3. The monoisotopic (exact) mass is 183 g/mol. The molecule has 0 spiro atoms. The van der Waals surface area contributed by atoms with Crippen LogP contribution in [0.5, 0.6) is 0 Å². The van der Waals surface area contributed by atoms with Crippen molar-refractivity contribution >= 4 is 38.1 Å². The van der Waals surface area contributed by atoms with Crippen LogP contribution in [-0.4, -0.2) is 5.16 Å². The summed E-state index contributed by atoms with van der Waals surface area (Å²) in [5.41, 5.74) is 0.779. The molecule has 4 heteroatoms. The van der Waals surface area contributed by atoms with Gasteiger partial charge in [-0.15, -0.1) is 21.9 Å². The molecule has 0 aliphatic carbocycles. The Labute approximate surface area is 71.6 Å². The number of benzene rings is 1. The molecular formula is C7H6NOPS. The van der Waals surface area contributed by atoms with Crippen LogP contribution in [0.4, 0.5) is 0 Å². The van der Waals surface area contributed by atoms with Gasteiger partial charge in [-0.05, 0) is 17.4 Å². The molecule has 1 unspecified atom stereocenters. The summed E-state index contributed by atoms with van der Waals surface area (Å²) in [5.74, 6) is 0. The van der Waals surface area contributed by atoms with Gasteiger partial charge in [0.05, 0.1) is 6.20 Å². The molecule has 0 N–H and O–H groups in total. The Morgan fingerprint density at radius 3 is 3.09 bits per heavy atom. The van der Waals surface area contributed by atoms with Gasteiger partial charge in [0.1, 0.15) is 0 Å². The smallest absolute Gasteiger partial charge is 0.167 e. The number of aromatic nitrogens is 1. The van der Waals surface area contributed by atoms with Gasteiger partial charge >= 0.3 is 0 Å². The van der Waals surface area contributed by atoms with Crippen molar-refractivity contribution in [1.29, 1.82) is 0 Å². The van der Waals surface area contributed by atoms with Crippen molar-refractivity contribution in [2.24, 2.45) is 0 Å². The molecule has 2 aromatic rings. The van der Waals surface area contributed by atoms with Gasteiger partial charge in [-0.1, -0.05) is 5.16 Å². The summed E-state index contributed by atoms with van der Waals surface area (Å²) in [6.45, 7) is 0. The van der Waals surface area contributed by atoms with E-state index in [-0.39, 0.29) is 0 Å². The molecule has 2 nitrogen and oxygen atoms in total. The molecular weight excluding hydrogens is 177 g/mol. The number of nitrogens with zero attached hydrogens (tertiary/aromatic N) is 1. The van der Waals surface area contributed by atoms with Crippen molar-refractivity contribution in [2.45, 2.75) is 4.90 Å². The SMILES string of the molecule is Pc1cc2cnoc2cc1S. The highest BCUT2D eigenvalue weighted by molar-refractivity contribution is 7.80. The zero-order chi connectivity index (χ0) is 7.84. The van der Waals surface area contributed by atoms with Gasteiger partial charge in [-0.3, -0.25) is 0 Å². The van der Waals surface area contributed by atoms with E-state index in [1.807, 2.05) is 12.1 Å². The van der Waals surface area contributed by atoms with E-state index in [2.05, 4.69) is 27.0 Å². The summed E-state index contributed by atoms with van der Waals surface area (Å²) in [5, 5.41) is 5.73. The summed E-state index contributed by atoms with van der Waals surface area (Å²) in [6.07, 6.45) is 1.69. The van der Waals surface area contributed by atoms with Gasteiger partial charge in [0.15, 0.2) is 5.58 Å². The van der Waals surface area contributed by atoms with Crippen molar-refractivity contribution in [3.63, 3.8) is 0 Å². The third-order valence-corrected chi connectivity index (χ3v) is 2.61. The molecule has 1 aromatic heterocycles. The second-order valence-electron chi connectivity index (χ2n) is 2.27. The average Bonchev–Trinajstić information content (AvgIpc) is 2.36. The third-order valence-electron chi connectivity index (χ3n) is 1.50. The van der Waals surface area contributed by atoms with E-state index in [9.17, 15) is 0 Å². The Balaban J connectivity index is 2.86. The molecule has 0 radical (unpaired) electrons. The molecule has 1 atom stereocenters. The zero-order valence-electron chi connectivity index (χ0n) is 5.61. The minimum atomic E-state index is 0.779. The number of fused-ring (bicyclic) bond motifs is 1. The summed E-state index contributed by atoms with van der Waals surface area (Å²) in [4.78, 5) is 0.902. The highest BCUT2D eigenvalue weighted by Crippen LogP contribution is 2.17. The van der Waals surface area contributed by atoms with E-state index in [0.717, 1.165) is 21.2 Å². The number of rotatable bonds is 0. The van der Waals surface area contributed by atoms with E-state index in [1.54, 1.807) is 6.20 Å². The Kier molecular flexibility index (Phi) is 1.63. The minimum absolute atomic E-state index is 0.779. The molecule has 0 bridgehead atoms. The van der Waals surface area contributed by atoms with Crippen LogP contribution in [0.1, 0.15) is 0 Å². The van der Waals surface area contributed by atoms with Crippen molar-refractivity contribution in [3.8, 4) is 0 Å². The Bertz CT molecular complexity index is 362. The minimum Gasteiger partial charge on any atom is -0.356 e. The van der Waals surface area contributed by atoms with Gasteiger partial charge in [0.25, 0.3) is 0 Å². The lowest BCUT2D eigenvalue weighted by molar-refractivity contribution is 0.456. The quantitative estimate of drug-likeness (QED) is 0.496. The number of thiol groups is 1. The first-order valence-corrected chi connectivity index (χ1v) is 4.13. The molecule has 0 saturated heterocycles. The van der Waals surface area contributed by atoms with E-state index in [0.29, 0.717) is 0 Å². The van der Waals surface area contributed by atoms with Crippen molar-refractivity contribution < 1.29 is 4.52 Å². The van der Waals surface area contributed by atoms with Gasteiger partial charge in [-0.2, -0.15) is 0 Å². The molecule has 0 aliphatic heterocycles. The van der Waals surface area contributed by atoms with Crippen LogP contribution in [-0.2, 0) is 0 Å². The number of hydrogen-bond acceptors (Lipinski definition) is 3. The van der Waals surface area contributed by atoms with Crippen LogP contribution in [0, 0.1) is 0 Å². The van der Waals surface area contributed by atoms with E-state index >= 15 is 0 Å². The van der Waals surface area contributed by atoms with Crippen LogP contribution >= 0.6 is 21.9 Å². The first kappa shape index (κ1) is 7.14. The fourth-order valence-electron chi connectivity index (χ4n) is 0.923. The van der Waals surface area contributed by atoms with Crippen molar-refractivity contribution in [3.05, 3.63) is 18.3 Å². The third kappa shape index (κ3) is 1.15. The lowest BCUT2D eigenvalue weighted by Gasteiger charge is -1.95. The Hall–Kier alpha value is -0.530. The van der Waals surface area contributed by atoms with Crippen LogP contribution in [0.25, 0.3) is 11.0 Å². The maximum atomic E-state index is 4.95. The highest BCUT2D eigenvalue weighted by atomic mass is 32.1. The molecule has 0 saturated carbocycles. The lowest BCUT2D eigenvalue weighted by Crippen LogP contribution is -1.90. The Morgan fingerprint density at radius 2 is 2.27 bits per heavy atom. The van der Waals surface area contributed by atoms with Crippen molar-refractivity contribution in [1.82, 2.24) is 5.16 Å². The molecule has 1 aromatic carbocycles. The predicted molar refractivity (Wildman–Crippen MR) is 50.6 cm³/mol. The summed E-state index contributed by atoms with van der Waals surface area (Å²) in [7, 11) is 2.61. The molecule has 0 aliphatic rings. The fourth-order valence-corrected chi connectivity index (χ4v) is 1.37. The molecule has 11 heavy (non-hydrogen) atoms. The van der Waals surface area contributed by atoms with E-state index < -0.39 is 0 Å². The highest BCUT2D eigenvalue weighted by Gasteiger charge is 2.00. The maximum Gasteiger partial charge on any atom is 0.167 e. The van der Waals surface area contributed by atoms with Crippen LogP contribution in [0.15, 0.2) is 27.7 Å². The first-order valence-electron chi connectivity index (χ1n) is 3.10. The van der Waals surface area contributed by atoms with Crippen molar-refractivity contribution in [2.75, 3.05) is 0 Å². The summed E-state index contributed by atoms with van der Waals surface area (Å²) < 4.78 is 4.95. The van der Waals surface area contributed by atoms with Gasteiger partial charge in [0.2, 0.25) is 0 Å². The van der Waals surface area contributed by atoms with Gasteiger partial charge < -0.3 is 4.52 Å². The van der Waals surface area contributed by atoms with E-state index in [1.165, 1.54) is 0 Å². The largest absolute Gasteiger partial charge is 0.356 e. The second kappa shape index (κ2) is 2.50. The standard InChI is InChI=1S/C7H6NOPS/c10-6-1-4-3-8-9-5(4)2-7(6)11/h1-3,11H,10H2. The summed E-state index contributed by atoms with van der Waals surface area (Å²) >= 11 is 4.24. The molecule has 2 rings (SSSR count). The molecule has 0 fully saturated rings. The summed E-state index contributed by atoms with van der Waals surface area (Å²) in [6, 6.07) is 3.83. The Morgan fingerprint density at radius 1 is 1.45 bits per heavy atom. The van der Waals surface area contributed by atoms with Crippen LogP contribution in [0.2, 0.25) is 0 Å². The topological polar surface area (TPSA) is 26.0 Å². The predicted octanol–water partition coefficient (Wildman–Crippen LogP) is 1.62. The van der Waals surface area contributed by atoms with Crippen LogP contribution < -0.4 is 5.30 Å². The van der Waals surface area contributed by atoms with Gasteiger partial charge in [-0.25, -0.2) is 0 Å². The molecule has 1 heterocycles. The number of hydrogen-bond donors (Lipinski definition) is 1. The maximum absolute atomic E-state index is 4.95. The van der Waals surface area contributed by atoms with Gasteiger partial charge in [0, 0.05) is 10.3 Å². The average molecular weight is 183 g/mol.